The lowest BCUT2D eigenvalue weighted by Gasteiger charge is -2.42. The predicted molar refractivity (Wildman–Crippen MR) is 248 cm³/mol. The third-order valence-corrected chi connectivity index (χ3v) is 12.5. The summed E-state index contributed by atoms with van der Waals surface area (Å²) in [5.41, 5.74) is 0. The molecule has 11 atom stereocenters. The van der Waals surface area contributed by atoms with E-state index in [-0.39, 0.29) is 26.1 Å². The van der Waals surface area contributed by atoms with Gasteiger partial charge >= 0.3 is 11.9 Å². The molecule has 0 aliphatic carbocycles. The molecular formula is C50H92O15. The molecule has 7 N–H and O–H groups in total. The highest BCUT2D eigenvalue weighted by Gasteiger charge is 2.47. The minimum atomic E-state index is -1.76. The van der Waals surface area contributed by atoms with Crippen LogP contribution in [0.25, 0.3) is 0 Å². The highest BCUT2D eigenvalue weighted by Crippen LogP contribution is 2.26. The third-order valence-electron chi connectivity index (χ3n) is 12.5. The summed E-state index contributed by atoms with van der Waals surface area (Å²) in [6.45, 7) is 2.59. The van der Waals surface area contributed by atoms with Crippen LogP contribution in [0.4, 0.5) is 0 Å². The highest BCUT2D eigenvalue weighted by molar-refractivity contribution is 5.70. The van der Waals surface area contributed by atoms with Gasteiger partial charge in [-0.1, -0.05) is 161 Å². The SMILES string of the molecule is CCCCCCCC/C=C\CCCCCCCC(=O)OC(COC(=O)CCCCCCCCCCCCCCCC)COC1OC(COC2OC(CO)C(O)C(O)C2O)C(O)C(O)C1O. The molecule has 65 heavy (non-hydrogen) atoms. The summed E-state index contributed by atoms with van der Waals surface area (Å²) in [7, 11) is 0. The van der Waals surface area contributed by atoms with E-state index in [1.54, 1.807) is 0 Å². The fraction of sp³-hybridized carbons (Fsp3) is 0.920. The Balaban J connectivity index is 1.81. The van der Waals surface area contributed by atoms with Crippen LogP contribution in [-0.2, 0) is 38.0 Å². The molecule has 15 heteroatoms. The van der Waals surface area contributed by atoms with Crippen LogP contribution in [0.3, 0.4) is 0 Å². The van der Waals surface area contributed by atoms with Gasteiger partial charge in [-0.3, -0.25) is 9.59 Å². The van der Waals surface area contributed by atoms with Crippen LogP contribution >= 0.6 is 0 Å². The summed E-state index contributed by atoms with van der Waals surface area (Å²) in [6.07, 6.45) is 19.5. The Bertz CT molecular complexity index is 1190. The average Bonchev–Trinajstić information content (AvgIpc) is 3.30. The second-order valence-electron chi connectivity index (χ2n) is 18.4. The Labute approximate surface area is 390 Å². The van der Waals surface area contributed by atoms with E-state index in [9.17, 15) is 45.3 Å². The van der Waals surface area contributed by atoms with E-state index in [0.29, 0.717) is 12.8 Å². The van der Waals surface area contributed by atoms with Crippen LogP contribution in [-0.4, -0.2) is 142 Å². The first kappa shape index (κ1) is 59.4. The summed E-state index contributed by atoms with van der Waals surface area (Å²) >= 11 is 0. The van der Waals surface area contributed by atoms with Gasteiger partial charge in [-0.2, -0.15) is 0 Å². The van der Waals surface area contributed by atoms with E-state index < -0.39 is 92.7 Å². The molecule has 2 aliphatic heterocycles. The first-order valence-corrected chi connectivity index (χ1v) is 25.8. The molecule has 2 aliphatic rings. The number of aliphatic hydroxyl groups excluding tert-OH is 7. The summed E-state index contributed by atoms with van der Waals surface area (Å²) < 4.78 is 33.6. The largest absolute Gasteiger partial charge is 0.462 e. The molecule has 0 saturated carbocycles. The van der Waals surface area contributed by atoms with Crippen molar-refractivity contribution in [3.8, 4) is 0 Å². The highest BCUT2D eigenvalue weighted by atomic mass is 16.7. The van der Waals surface area contributed by atoms with Gasteiger partial charge in [-0.05, 0) is 38.5 Å². The van der Waals surface area contributed by atoms with Gasteiger partial charge in [0, 0.05) is 12.8 Å². The van der Waals surface area contributed by atoms with Crippen LogP contribution in [0.1, 0.15) is 200 Å². The van der Waals surface area contributed by atoms with E-state index in [0.717, 1.165) is 57.8 Å². The van der Waals surface area contributed by atoms with Crippen molar-refractivity contribution in [1.82, 2.24) is 0 Å². The van der Waals surface area contributed by atoms with Gasteiger partial charge < -0.3 is 64.2 Å². The summed E-state index contributed by atoms with van der Waals surface area (Å²) in [5, 5.41) is 72.0. The number of hydrogen-bond donors (Lipinski definition) is 7. The number of carbonyl (C=O) groups excluding carboxylic acids is 2. The standard InChI is InChI=1S/C50H92O15/c1-3-5-7-9-11-13-15-17-19-21-23-25-27-29-31-33-42(53)63-38(35-60-41(52)32-30-28-26-24-22-20-18-16-14-12-10-8-6-4-2)36-61-49-48(59)46(57)44(55)40(65-49)37-62-50-47(58)45(56)43(54)39(34-51)64-50/h17,19,38-40,43-51,54-59H,3-16,18,20-37H2,1-2H3/b19-17-. The number of aliphatic hydroxyl groups is 7. The Morgan fingerprint density at radius 3 is 1.35 bits per heavy atom. The first-order valence-electron chi connectivity index (χ1n) is 25.8. The molecule has 0 aromatic heterocycles. The molecule has 2 fully saturated rings. The molecule has 15 nitrogen and oxygen atoms in total. The Morgan fingerprint density at radius 1 is 0.477 bits per heavy atom. The quantitative estimate of drug-likeness (QED) is 0.0187. The predicted octanol–water partition coefficient (Wildman–Crippen LogP) is 6.99. The molecule has 2 saturated heterocycles. The van der Waals surface area contributed by atoms with Crippen LogP contribution in [0, 0.1) is 0 Å². The van der Waals surface area contributed by atoms with Gasteiger partial charge in [0.2, 0.25) is 0 Å². The molecule has 2 rings (SSSR count). The van der Waals surface area contributed by atoms with Gasteiger partial charge in [0.1, 0.15) is 55.4 Å². The van der Waals surface area contributed by atoms with E-state index in [2.05, 4.69) is 26.0 Å². The zero-order chi connectivity index (χ0) is 47.5. The first-order chi connectivity index (χ1) is 31.5. The maximum Gasteiger partial charge on any atom is 0.306 e. The number of allylic oxidation sites excluding steroid dienone is 2. The van der Waals surface area contributed by atoms with Crippen molar-refractivity contribution in [1.29, 1.82) is 0 Å². The van der Waals surface area contributed by atoms with E-state index in [4.69, 9.17) is 28.4 Å². The molecule has 11 unspecified atom stereocenters. The van der Waals surface area contributed by atoms with Crippen LogP contribution in [0.15, 0.2) is 12.2 Å². The summed E-state index contributed by atoms with van der Waals surface area (Å²) in [6, 6.07) is 0. The van der Waals surface area contributed by atoms with Crippen LogP contribution < -0.4 is 0 Å². The van der Waals surface area contributed by atoms with Crippen molar-refractivity contribution >= 4 is 11.9 Å². The van der Waals surface area contributed by atoms with Crippen molar-refractivity contribution in [3.63, 3.8) is 0 Å². The van der Waals surface area contributed by atoms with Gasteiger partial charge in [0.05, 0.1) is 19.8 Å². The van der Waals surface area contributed by atoms with Crippen LogP contribution in [0.5, 0.6) is 0 Å². The van der Waals surface area contributed by atoms with Gasteiger partial charge in [-0.15, -0.1) is 0 Å². The Hall–Kier alpha value is -1.76. The molecule has 0 radical (unpaired) electrons. The second-order valence-corrected chi connectivity index (χ2v) is 18.4. The number of hydrogen-bond acceptors (Lipinski definition) is 15. The number of ether oxygens (including phenoxy) is 6. The van der Waals surface area contributed by atoms with Crippen molar-refractivity contribution < 1.29 is 73.8 Å². The molecule has 0 aromatic rings. The second kappa shape index (κ2) is 38.1. The summed E-state index contributed by atoms with van der Waals surface area (Å²) in [4.78, 5) is 25.7. The number of carbonyl (C=O) groups is 2. The molecule has 382 valence electrons. The molecule has 0 amide bonds. The Morgan fingerprint density at radius 2 is 0.877 bits per heavy atom. The smallest absolute Gasteiger partial charge is 0.306 e. The number of unbranched alkanes of at least 4 members (excludes halogenated alkanes) is 24. The maximum absolute atomic E-state index is 13.0. The fourth-order valence-corrected chi connectivity index (χ4v) is 8.21. The molecule has 0 spiro atoms. The lowest BCUT2D eigenvalue weighted by atomic mass is 9.98. The topological polar surface area (TPSA) is 231 Å². The van der Waals surface area contributed by atoms with Crippen molar-refractivity contribution in [2.45, 2.75) is 268 Å². The fourth-order valence-electron chi connectivity index (χ4n) is 8.21. The van der Waals surface area contributed by atoms with Gasteiger partial charge in [0.25, 0.3) is 0 Å². The van der Waals surface area contributed by atoms with Crippen LogP contribution in [0.2, 0.25) is 0 Å². The summed E-state index contributed by atoms with van der Waals surface area (Å²) in [5.74, 6) is -0.925. The number of esters is 2. The van der Waals surface area contributed by atoms with E-state index in [1.165, 1.54) is 103 Å². The minimum Gasteiger partial charge on any atom is -0.462 e. The zero-order valence-electron chi connectivity index (χ0n) is 40.2. The molecule has 0 bridgehead atoms. The van der Waals surface area contributed by atoms with E-state index in [1.807, 2.05) is 0 Å². The van der Waals surface area contributed by atoms with Crippen molar-refractivity contribution in [3.05, 3.63) is 12.2 Å². The monoisotopic (exact) mass is 933 g/mol. The van der Waals surface area contributed by atoms with E-state index >= 15 is 0 Å². The zero-order valence-corrected chi connectivity index (χ0v) is 40.2. The number of rotatable bonds is 40. The minimum absolute atomic E-state index is 0.159. The average molecular weight is 933 g/mol. The lowest BCUT2D eigenvalue weighted by molar-refractivity contribution is -0.332. The third kappa shape index (κ3) is 26.5. The molecule has 2 heterocycles. The van der Waals surface area contributed by atoms with Crippen molar-refractivity contribution in [2.75, 3.05) is 26.4 Å². The van der Waals surface area contributed by atoms with Gasteiger partial charge in [0.15, 0.2) is 18.7 Å². The van der Waals surface area contributed by atoms with Crippen molar-refractivity contribution in [2.24, 2.45) is 0 Å². The maximum atomic E-state index is 13.0. The van der Waals surface area contributed by atoms with Gasteiger partial charge in [-0.25, -0.2) is 0 Å². The Kier molecular flexibility index (Phi) is 34.8. The lowest BCUT2D eigenvalue weighted by Crippen LogP contribution is -2.61. The normalized spacial score (nSPS) is 26.4. The molecule has 0 aromatic carbocycles. The molecular weight excluding hydrogens is 841 g/mol.